The number of hydrogen-bond acceptors (Lipinski definition) is 2. The Kier molecular flexibility index (Phi) is 9.18. The normalized spacial score (nSPS) is 21.3. The lowest BCUT2D eigenvalue weighted by Crippen LogP contribution is -2.30. The number of fused-ring (bicyclic) bond motifs is 6. The first-order valence-electron chi connectivity index (χ1n) is 22.6. The van der Waals surface area contributed by atoms with Gasteiger partial charge in [-0.2, -0.15) is 0 Å². The summed E-state index contributed by atoms with van der Waals surface area (Å²) >= 11 is 0. The lowest BCUT2D eigenvalue weighted by Gasteiger charge is -2.36. The molecular formula is C61H48N2. The van der Waals surface area contributed by atoms with Gasteiger partial charge >= 0.3 is 0 Å². The molecule has 4 aliphatic carbocycles. The van der Waals surface area contributed by atoms with Gasteiger partial charge in [-0.05, 0) is 117 Å². The molecule has 1 heterocycles. The van der Waals surface area contributed by atoms with Crippen LogP contribution >= 0.6 is 0 Å². The zero-order chi connectivity index (χ0) is 41.7. The van der Waals surface area contributed by atoms with Crippen molar-refractivity contribution >= 4 is 22.7 Å². The molecule has 0 spiro atoms. The first-order valence-corrected chi connectivity index (χ1v) is 22.6. The first kappa shape index (κ1) is 37.4. The first-order chi connectivity index (χ1) is 31.3. The number of nitrogens with zero attached hydrogens (tertiary/aromatic N) is 2. The summed E-state index contributed by atoms with van der Waals surface area (Å²) in [5.41, 5.74) is 18.8. The molecule has 7 aromatic carbocycles. The minimum atomic E-state index is -0.439. The molecule has 0 saturated heterocycles. The molecule has 63 heavy (non-hydrogen) atoms. The molecule has 2 heteroatoms. The summed E-state index contributed by atoms with van der Waals surface area (Å²) in [4.78, 5) is 5.07. The second-order valence-electron chi connectivity index (χ2n) is 17.4. The molecule has 0 aromatic heterocycles. The molecule has 0 N–H and O–H groups in total. The largest absolute Gasteiger partial charge is 0.333 e. The van der Waals surface area contributed by atoms with Crippen LogP contribution in [0.3, 0.4) is 0 Å². The van der Waals surface area contributed by atoms with E-state index in [-0.39, 0.29) is 12.0 Å². The van der Waals surface area contributed by atoms with Crippen molar-refractivity contribution < 1.29 is 0 Å². The number of anilines is 4. The smallest absolute Gasteiger partial charge is 0.0711 e. The van der Waals surface area contributed by atoms with Crippen LogP contribution in [0.2, 0.25) is 0 Å². The molecule has 2 nitrogen and oxygen atoms in total. The summed E-state index contributed by atoms with van der Waals surface area (Å²) in [7, 11) is 0. The van der Waals surface area contributed by atoms with Crippen molar-refractivity contribution in [2.45, 2.75) is 42.6 Å². The van der Waals surface area contributed by atoms with E-state index in [1.807, 2.05) is 0 Å². The Morgan fingerprint density at radius 2 is 1.17 bits per heavy atom. The van der Waals surface area contributed by atoms with Crippen LogP contribution in [0.25, 0.3) is 22.3 Å². The summed E-state index contributed by atoms with van der Waals surface area (Å²) in [6, 6.07) is 65.6. The van der Waals surface area contributed by atoms with Crippen molar-refractivity contribution in [3.05, 3.63) is 276 Å². The molecule has 1 aliphatic heterocycles. The molecule has 0 bridgehead atoms. The van der Waals surface area contributed by atoms with E-state index < -0.39 is 5.41 Å². The van der Waals surface area contributed by atoms with Crippen molar-refractivity contribution in [1.82, 2.24) is 0 Å². The van der Waals surface area contributed by atoms with E-state index >= 15 is 0 Å². The maximum atomic E-state index is 2.58. The van der Waals surface area contributed by atoms with Gasteiger partial charge in [-0.15, -0.1) is 0 Å². The highest BCUT2D eigenvalue weighted by atomic mass is 15.2. The lowest BCUT2D eigenvalue weighted by molar-refractivity contribution is 0.736. The van der Waals surface area contributed by atoms with E-state index in [2.05, 4.69) is 246 Å². The summed E-state index contributed by atoms with van der Waals surface area (Å²) in [5, 5.41) is 0. The summed E-state index contributed by atoms with van der Waals surface area (Å²) < 4.78 is 0. The predicted molar refractivity (Wildman–Crippen MR) is 263 cm³/mol. The zero-order valence-electron chi connectivity index (χ0n) is 35.3. The molecule has 12 rings (SSSR count). The highest BCUT2D eigenvalue weighted by molar-refractivity contribution is 5.89. The van der Waals surface area contributed by atoms with Crippen molar-refractivity contribution in [1.29, 1.82) is 0 Å². The molecule has 302 valence electrons. The van der Waals surface area contributed by atoms with Crippen LogP contribution in [0.5, 0.6) is 0 Å². The molecular weight excluding hydrogens is 761 g/mol. The van der Waals surface area contributed by atoms with Crippen LogP contribution in [0, 0.1) is 0 Å². The SMILES string of the molecule is C1=CC2c3ccccc3N(c3ccccc3C3C=CC(N(c4ccc(-c5ccccc5)cc4)c4ccc5c(c4)C(C4=CCCC=C4)(c4ccccc4)c4ccccc4-5)=CC3)C2C=C1. The van der Waals surface area contributed by atoms with Crippen LogP contribution < -0.4 is 9.80 Å². The number of rotatable bonds is 8. The van der Waals surface area contributed by atoms with Gasteiger partial charge in [0.05, 0.1) is 11.5 Å². The van der Waals surface area contributed by atoms with Crippen LogP contribution in [0.1, 0.15) is 58.9 Å². The molecule has 0 amide bonds. The number of allylic oxidation sites excluding steroid dienone is 9. The molecule has 0 radical (unpaired) electrons. The fourth-order valence-electron chi connectivity index (χ4n) is 11.3. The van der Waals surface area contributed by atoms with Gasteiger partial charge in [0.2, 0.25) is 0 Å². The third-order valence-corrected chi connectivity index (χ3v) is 14.0. The van der Waals surface area contributed by atoms with Crippen molar-refractivity contribution in [3.63, 3.8) is 0 Å². The molecule has 0 fully saturated rings. The maximum Gasteiger partial charge on any atom is 0.0711 e. The Morgan fingerprint density at radius 1 is 0.508 bits per heavy atom. The van der Waals surface area contributed by atoms with Gasteiger partial charge in [-0.1, -0.05) is 194 Å². The average molecular weight is 809 g/mol. The Bertz CT molecular complexity index is 3050. The highest BCUT2D eigenvalue weighted by Crippen LogP contribution is 2.58. The van der Waals surface area contributed by atoms with E-state index in [1.165, 1.54) is 72.7 Å². The maximum absolute atomic E-state index is 2.58. The Labute approximate surface area is 371 Å². The summed E-state index contributed by atoms with van der Waals surface area (Å²) in [6.07, 6.45) is 26.7. The van der Waals surface area contributed by atoms with Gasteiger partial charge in [0.1, 0.15) is 0 Å². The molecule has 5 aliphatic rings. The number of benzene rings is 7. The minimum absolute atomic E-state index is 0.229. The molecule has 4 atom stereocenters. The summed E-state index contributed by atoms with van der Waals surface area (Å²) in [5.74, 6) is 0.576. The van der Waals surface area contributed by atoms with E-state index in [1.54, 1.807) is 0 Å². The van der Waals surface area contributed by atoms with E-state index in [4.69, 9.17) is 0 Å². The van der Waals surface area contributed by atoms with Gasteiger partial charge < -0.3 is 9.80 Å². The van der Waals surface area contributed by atoms with E-state index in [0.29, 0.717) is 5.92 Å². The van der Waals surface area contributed by atoms with E-state index in [0.717, 1.165) is 30.6 Å². The number of para-hydroxylation sites is 2. The highest BCUT2D eigenvalue weighted by Gasteiger charge is 2.47. The topological polar surface area (TPSA) is 6.48 Å². The second-order valence-corrected chi connectivity index (χ2v) is 17.4. The standard InChI is InChI=1S/C61H48N2/c1-4-18-43(19-5-1)44-32-36-48(37-33-44)62(49-38-34-45(35-39-49)51-24-11-15-29-58(51)63-59-30-16-12-26-54(59)55-27-13-17-31-60(55)63)50-40-41-53-52-25-10-14-28-56(52)61(57(53)42-50,46-20-6-2-7-21-46)47-22-8-3-9-23-47/h1-2,4-8,10-34,36-42,45,54,59H,3,9,35H2. The molecule has 0 saturated carbocycles. The Hall–Kier alpha value is -7.42. The average Bonchev–Trinajstić information content (AvgIpc) is 3.86. The van der Waals surface area contributed by atoms with Crippen LogP contribution in [0.4, 0.5) is 22.7 Å². The van der Waals surface area contributed by atoms with Gasteiger partial charge in [0.15, 0.2) is 0 Å². The van der Waals surface area contributed by atoms with Crippen molar-refractivity contribution in [2.24, 2.45) is 0 Å². The fraction of sp³-hybridized carbons (Fsp3) is 0.115. The lowest BCUT2D eigenvalue weighted by atomic mass is 9.66. The molecule has 4 unspecified atom stereocenters. The monoisotopic (exact) mass is 808 g/mol. The van der Waals surface area contributed by atoms with Gasteiger partial charge in [-0.3, -0.25) is 0 Å². The van der Waals surface area contributed by atoms with Crippen molar-refractivity contribution in [3.8, 4) is 22.3 Å². The third-order valence-electron chi connectivity index (χ3n) is 14.0. The minimum Gasteiger partial charge on any atom is -0.333 e. The second kappa shape index (κ2) is 15.5. The van der Waals surface area contributed by atoms with Crippen molar-refractivity contribution in [2.75, 3.05) is 9.80 Å². The van der Waals surface area contributed by atoms with Gasteiger partial charge in [-0.25, -0.2) is 0 Å². The Morgan fingerprint density at radius 3 is 1.95 bits per heavy atom. The molecule has 7 aromatic rings. The summed E-state index contributed by atoms with van der Waals surface area (Å²) in [6.45, 7) is 0. The van der Waals surface area contributed by atoms with Gasteiger partial charge in [0.25, 0.3) is 0 Å². The zero-order valence-corrected chi connectivity index (χ0v) is 35.3. The fourth-order valence-corrected chi connectivity index (χ4v) is 11.3. The quantitative estimate of drug-likeness (QED) is 0.151. The van der Waals surface area contributed by atoms with Crippen LogP contribution in [-0.2, 0) is 5.41 Å². The number of hydrogen-bond donors (Lipinski definition) is 0. The van der Waals surface area contributed by atoms with E-state index in [9.17, 15) is 0 Å². The Balaban J connectivity index is 0.976. The van der Waals surface area contributed by atoms with Crippen LogP contribution in [-0.4, -0.2) is 6.04 Å². The third kappa shape index (κ3) is 6.08. The van der Waals surface area contributed by atoms with Gasteiger partial charge in [0, 0.05) is 40.3 Å². The predicted octanol–water partition coefficient (Wildman–Crippen LogP) is 15.4. The van der Waals surface area contributed by atoms with Crippen LogP contribution in [0.15, 0.2) is 248 Å².